The first-order chi connectivity index (χ1) is 12.0. The van der Waals surface area contributed by atoms with Crippen molar-refractivity contribution in [1.29, 1.82) is 0 Å². The average molecular weight is 405 g/mol. The summed E-state index contributed by atoms with van der Waals surface area (Å²) in [5.74, 6) is -0.555. The standard InChI is InChI=1S/C19H21BrN2O3/c1-13(2)17(22-19(24)21-16-6-4-3-5-7-16)18(23)25-12-14-8-10-15(20)11-9-14/h3-11,13,17H,12H2,1-2H3,(H2,21,22,24)/t17-/m1/s1. The highest BCUT2D eigenvalue weighted by atomic mass is 79.9. The molecule has 0 heterocycles. The van der Waals surface area contributed by atoms with Crippen molar-refractivity contribution in [2.24, 2.45) is 5.92 Å². The van der Waals surface area contributed by atoms with Crippen LogP contribution < -0.4 is 10.6 Å². The third kappa shape index (κ3) is 6.23. The van der Waals surface area contributed by atoms with Gasteiger partial charge in [-0.3, -0.25) is 0 Å². The number of hydrogen-bond acceptors (Lipinski definition) is 3. The molecule has 0 aliphatic heterocycles. The first-order valence-corrected chi connectivity index (χ1v) is 8.78. The summed E-state index contributed by atoms with van der Waals surface area (Å²) in [4.78, 5) is 24.4. The Morgan fingerprint density at radius 1 is 1.04 bits per heavy atom. The van der Waals surface area contributed by atoms with Gasteiger partial charge in [-0.1, -0.05) is 60.1 Å². The maximum absolute atomic E-state index is 12.3. The van der Waals surface area contributed by atoms with E-state index in [1.807, 2.05) is 56.3 Å². The maximum Gasteiger partial charge on any atom is 0.329 e. The fourth-order valence-corrected chi connectivity index (χ4v) is 2.42. The van der Waals surface area contributed by atoms with E-state index >= 15 is 0 Å². The van der Waals surface area contributed by atoms with E-state index < -0.39 is 18.0 Å². The molecule has 25 heavy (non-hydrogen) atoms. The zero-order valence-corrected chi connectivity index (χ0v) is 15.7. The Kier molecular flexibility index (Phi) is 7.01. The quantitative estimate of drug-likeness (QED) is 0.703. The molecule has 132 valence electrons. The third-order valence-corrected chi connectivity index (χ3v) is 4.06. The summed E-state index contributed by atoms with van der Waals surface area (Å²) >= 11 is 3.36. The number of halogens is 1. The molecule has 2 rings (SSSR count). The molecule has 0 aromatic heterocycles. The number of anilines is 1. The summed E-state index contributed by atoms with van der Waals surface area (Å²) in [5.41, 5.74) is 1.54. The number of nitrogens with one attached hydrogen (secondary N) is 2. The Hall–Kier alpha value is -2.34. The molecule has 0 saturated carbocycles. The number of carbonyl (C=O) groups excluding carboxylic acids is 2. The van der Waals surface area contributed by atoms with E-state index in [0.29, 0.717) is 5.69 Å². The summed E-state index contributed by atoms with van der Waals surface area (Å²) in [5, 5.41) is 5.38. The molecule has 0 aliphatic rings. The molecule has 2 amide bonds. The fraction of sp³-hybridized carbons (Fsp3) is 0.263. The number of para-hydroxylation sites is 1. The molecular formula is C19H21BrN2O3. The van der Waals surface area contributed by atoms with Crippen molar-refractivity contribution >= 4 is 33.6 Å². The van der Waals surface area contributed by atoms with Crippen molar-refractivity contribution in [2.45, 2.75) is 26.5 Å². The number of hydrogen-bond donors (Lipinski definition) is 2. The first kappa shape index (κ1) is 19.0. The zero-order valence-electron chi connectivity index (χ0n) is 14.2. The molecule has 0 fully saturated rings. The highest BCUT2D eigenvalue weighted by molar-refractivity contribution is 9.10. The van der Waals surface area contributed by atoms with Gasteiger partial charge in [0.1, 0.15) is 12.6 Å². The van der Waals surface area contributed by atoms with Crippen molar-refractivity contribution in [3.63, 3.8) is 0 Å². The molecule has 0 radical (unpaired) electrons. The van der Waals surface area contributed by atoms with Crippen LogP contribution >= 0.6 is 15.9 Å². The Labute approximate surface area is 155 Å². The average Bonchev–Trinajstić information content (AvgIpc) is 2.59. The molecule has 0 aliphatic carbocycles. The summed E-state index contributed by atoms with van der Waals surface area (Å²) in [6, 6.07) is 15.4. The van der Waals surface area contributed by atoms with Gasteiger partial charge in [-0.15, -0.1) is 0 Å². The fourth-order valence-electron chi connectivity index (χ4n) is 2.15. The van der Waals surface area contributed by atoms with Crippen molar-refractivity contribution < 1.29 is 14.3 Å². The van der Waals surface area contributed by atoms with E-state index in [1.165, 1.54) is 0 Å². The maximum atomic E-state index is 12.3. The molecule has 0 unspecified atom stereocenters. The van der Waals surface area contributed by atoms with Crippen molar-refractivity contribution in [3.05, 3.63) is 64.6 Å². The highest BCUT2D eigenvalue weighted by Crippen LogP contribution is 2.13. The van der Waals surface area contributed by atoms with Crippen molar-refractivity contribution in [3.8, 4) is 0 Å². The minimum Gasteiger partial charge on any atom is -0.459 e. The third-order valence-electron chi connectivity index (χ3n) is 3.53. The molecule has 2 aromatic rings. The van der Waals surface area contributed by atoms with E-state index in [0.717, 1.165) is 10.0 Å². The Balaban J connectivity index is 1.91. The summed E-state index contributed by atoms with van der Waals surface area (Å²) in [6.45, 7) is 3.88. The molecule has 0 saturated heterocycles. The van der Waals surface area contributed by atoms with Crippen LogP contribution in [0.25, 0.3) is 0 Å². The van der Waals surface area contributed by atoms with Gasteiger partial charge in [0.25, 0.3) is 0 Å². The van der Waals surface area contributed by atoms with Gasteiger partial charge in [0.05, 0.1) is 0 Å². The minimum atomic E-state index is -0.723. The number of benzene rings is 2. The van der Waals surface area contributed by atoms with Gasteiger partial charge in [0, 0.05) is 10.2 Å². The number of esters is 1. The number of ether oxygens (including phenoxy) is 1. The van der Waals surface area contributed by atoms with Gasteiger partial charge in [0.2, 0.25) is 0 Å². The van der Waals surface area contributed by atoms with Gasteiger partial charge in [-0.25, -0.2) is 9.59 Å². The van der Waals surface area contributed by atoms with E-state index in [-0.39, 0.29) is 12.5 Å². The predicted molar refractivity (Wildman–Crippen MR) is 101 cm³/mol. The summed E-state index contributed by atoms with van der Waals surface area (Å²) < 4.78 is 6.31. The lowest BCUT2D eigenvalue weighted by Gasteiger charge is -2.21. The topological polar surface area (TPSA) is 67.4 Å². The second kappa shape index (κ2) is 9.22. The molecule has 2 aromatic carbocycles. The minimum absolute atomic E-state index is 0.0982. The lowest BCUT2D eigenvalue weighted by molar-refractivity contribution is -0.148. The first-order valence-electron chi connectivity index (χ1n) is 7.99. The normalized spacial score (nSPS) is 11.7. The van der Waals surface area contributed by atoms with Crippen LogP contribution in [-0.2, 0) is 16.1 Å². The molecular weight excluding hydrogens is 384 g/mol. The lowest BCUT2D eigenvalue weighted by atomic mass is 10.1. The van der Waals surface area contributed by atoms with Crippen LogP contribution in [-0.4, -0.2) is 18.0 Å². The Morgan fingerprint density at radius 2 is 1.68 bits per heavy atom. The molecule has 6 heteroatoms. The van der Waals surface area contributed by atoms with Crippen LogP contribution in [0, 0.1) is 5.92 Å². The second-order valence-electron chi connectivity index (χ2n) is 5.92. The molecule has 1 atom stereocenters. The van der Waals surface area contributed by atoms with E-state index in [4.69, 9.17) is 4.74 Å². The van der Waals surface area contributed by atoms with Crippen LogP contribution in [0.3, 0.4) is 0 Å². The van der Waals surface area contributed by atoms with Gasteiger partial charge < -0.3 is 15.4 Å². The van der Waals surface area contributed by atoms with Crippen LogP contribution in [0.15, 0.2) is 59.1 Å². The Morgan fingerprint density at radius 3 is 2.28 bits per heavy atom. The van der Waals surface area contributed by atoms with Gasteiger partial charge in [-0.2, -0.15) is 0 Å². The van der Waals surface area contributed by atoms with Crippen LogP contribution in [0.2, 0.25) is 0 Å². The highest BCUT2D eigenvalue weighted by Gasteiger charge is 2.25. The van der Waals surface area contributed by atoms with E-state index in [1.54, 1.807) is 12.1 Å². The SMILES string of the molecule is CC(C)[C@@H](NC(=O)Nc1ccccc1)C(=O)OCc1ccc(Br)cc1. The monoisotopic (exact) mass is 404 g/mol. The number of rotatable bonds is 6. The van der Waals surface area contributed by atoms with Gasteiger partial charge >= 0.3 is 12.0 Å². The van der Waals surface area contributed by atoms with E-state index in [9.17, 15) is 9.59 Å². The zero-order chi connectivity index (χ0) is 18.2. The molecule has 5 nitrogen and oxygen atoms in total. The van der Waals surface area contributed by atoms with Crippen molar-refractivity contribution in [1.82, 2.24) is 5.32 Å². The summed E-state index contributed by atoms with van der Waals surface area (Å²) in [7, 11) is 0. The van der Waals surface area contributed by atoms with E-state index in [2.05, 4.69) is 26.6 Å². The summed E-state index contributed by atoms with van der Waals surface area (Å²) in [6.07, 6.45) is 0. The Bertz CT molecular complexity index is 702. The molecule has 0 bridgehead atoms. The predicted octanol–water partition coefficient (Wildman–Crippen LogP) is 4.34. The van der Waals surface area contributed by atoms with Gasteiger partial charge in [-0.05, 0) is 35.7 Å². The van der Waals surface area contributed by atoms with Crippen LogP contribution in [0.4, 0.5) is 10.5 Å². The van der Waals surface area contributed by atoms with Crippen LogP contribution in [0.5, 0.6) is 0 Å². The number of carbonyl (C=O) groups is 2. The molecule has 2 N–H and O–H groups in total. The second-order valence-corrected chi connectivity index (χ2v) is 6.84. The number of amides is 2. The van der Waals surface area contributed by atoms with Crippen molar-refractivity contribution in [2.75, 3.05) is 5.32 Å². The van der Waals surface area contributed by atoms with Gasteiger partial charge in [0.15, 0.2) is 0 Å². The number of urea groups is 1. The lowest BCUT2D eigenvalue weighted by Crippen LogP contribution is -2.47. The van der Waals surface area contributed by atoms with Crippen LogP contribution in [0.1, 0.15) is 19.4 Å². The molecule has 0 spiro atoms. The smallest absolute Gasteiger partial charge is 0.329 e. The largest absolute Gasteiger partial charge is 0.459 e.